The lowest BCUT2D eigenvalue weighted by Crippen LogP contribution is -2.41. The molecule has 2 amide bonds. The van der Waals surface area contributed by atoms with Crippen LogP contribution in [0.1, 0.15) is 24.0 Å². The number of hydrogen-bond donors (Lipinski definition) is 0. The van der Waals surface area contributed by atoms with Crippen LogP contribution in [-0.4, -0.2) is 73.5 Å². The van der Waals surface area contributed by atoms with Crippen molar-refractivity contribution in [1.29, 1.82) is 0 Å². The van der Waals surface area contributed by atoms with Crippen molar-refractivity contribution >= 4 is 11.8 Å². The normalized spacial score (nSPS) is 20.2. The van der Waals surface area contributed by atoms with Gasteiger partial charge in [0, 0.05) is 39.5 Å². The van der Waals surface area contributed by atoms with Crippen molar-refractivity contribution in [2.75, 3.05) is 40.8 Å². The van der Waals surface area contributed by atoms with Crippen LogP contribution in [0.2, 0.25) is 0 Å². The van der Waals surface area contributed by atoms with Gasteiger partial charge in [0.15, 0.2) is 0 Å². The molecular weight excluding hydrogens is 359 g/mol. The van der Waals surface area contributed by atoms with E-state index in [1.54, 1.807) is 0 Å². The third-order valence-electron chi connectivity index (χ3n) is 4.78. The molecule has 0 saturated carbocycles. The van der Waals surface area contributed by atoms with Crippen LogP contribution in [0.5, 0.6) is 0 Å². The summed E-state index contributed by atoms with van der Waals surface area (Å²) in [7, 11) is 5.07. The Morgan fingerprint density at radius 1 is 1.11 bits per heavy atom. The number of hydrogen-bond acceptors (Lipinski definition) is 3. The van der Waals surface area contributed by atoms with E-state index >= 15 is 0 Å². The van der Waals surface area contributed by atoms with E-state index in [0.717, 1.165) is 24.7 Å². The second-order valence-corrected chi connectivity index (χ2v) is 7.43. The van der Waals surface area contributed by atoms with Gasteiger partial charge in [-0.2, -0.15) is 13.2 Å². The molecule has 1 heterocycles. The standard InChI is InChI=1S/C19H26F3N3O2/c1-13(26)25-10-16(15-7-5-14(6-8-15)9-23(2)3)17(11-25)18(27)24(4)12-19(20,21)22/h5-8,16-17H,9-12H2,1-4H3/t16-,17+/m1/s1. The average molecular weight is 385 g/mol. The van der Waals surface area contributed by atoms with Gasteiger partial charge in [0.25, 0.3) is 0 Å². The molecule has 0 aliphatic carbocycles. The zero-order valence-corrected chi connectivity index (χ0v) is 16.1. The highest BCUT2D eigenvalue weighted by Gasteiger charge is 2.42. The Kier molecular flexibility index (Phi) is 6.51. The molecule has 1 fully saturated rings. The summed E-state index contributed by atoms with van der Waals surface area (Å²) in [6.07, 6.45) is -4.45. The van der Waals surface area contributed by atoms with Gasteiger partial charge >= 0.3 is 6.18 Å². The first-order valence-electron chi connectivity index (χ1n) is 8.78. The number of carbonyl (C=O) groups is 2. The second kappa shape index (κ2) is 8.29. The predicted molar refractivity (Wildman–Crippen MR) is 96.0 cm³/mol. The molecule has 0 N–H and O–H groups in total. The summed E-state index contributed by atoms with van der Waals surface area (Å²) < 4.78 is 38.0. The molecule has 0 unspecified atom stereocenters. The molecule has 27 heavy (non-hydrogen) atoms. The van der Waals surface area contributed by atoms with Crippen molar-refractivity contribution < 1.29 is 22.8 Å². The van der Waals surface area contributed by atoms with Crippen LogP contribution in [0, 0.1) is 5.92 Å². The Balaban J connectivity index is 2.22. The van der Waals surface area contributed by atoms with E-state index in [0.29, 0.717) is 11.4 Å². The molecule has 0 bridgehead atoms. The maximum Gasteiger partial charge on any atom is 0.406 e. The molecule has 1 saturated heterocycles. The van der Waals surface area contributed by atoms with E-state index in [1.807, 2.05) is 43.3 Å². The molecule has 8 heteroatoms. The highest BCUT2D eigenvalue weighted by Crippen LogP contribution is 2.34. The van der Waals surface area contributed by atoms with Crippen LogP contribution in [0.3, 0.4) is 0 Å². The predicted octanol–water partition coefficient (Wildman–Crippen LogP) is 2.33. The summed E-state index contributed by atoms with van der Waals surface area (Å²) >= 11 is 0. The van der Waals surface area contributed by atoms with Gasteiger partial charge in [0.05, 0.1) is 5.92 Å². The fourth-order valence-electron chi connectivity index (χ4n) is 3.51. The van der Waals surface area contributed by atoms with E-state index < -0.39 is 24.5 Å². The van der Waals surface area contributed by atoms with Crippen molar-refractivity contribution in [2.45, 2.75) is 25.6 Å². The molecular formula is C19H26F3N3O2. The molecule has 1 aliphatic rings. The Morgan fingerprint density at radius 2 is 1.70 bits per heavy atom. The summed E-state index contributed by atoms with van der Waals surface area (Å²) in [5.74, 6) is -1.76. The SMILES string of the molecule is CC(=O)N1C[C@H](C(=O)N(C)CC(F)(F)F)[C@@H](c2ccc(CN(C)C)cc2)C1. The van der Waals surface area contributed by atoms with Crippen LogP contribution >= 0.6 is 0 Å². The van der Waals surface area contributed by atoms with Gasteiger partial charge in [-0.1, -0.05) is 24.3 Å². The average Bonchev–Trinajstić information content (AvgIpc) is 2.98. The second-order valence-electron chi connectivity index (χ2n) is 7.43. The molecule has 1 aliphatic heterocycles. The largest absolute Gasteiger partial charge is 0.406 e. The molecule has 1 aromatic carbocycles. The van der Waals surface area contributed by atoms with E-state index in [1.165, 1.54) is 11.8 Å². The molecule has 0 radical (unpaired) electrons. The summed E-state index contributed by atoms with van der Waals surface area (Å²) in [5.41, 5.74) is 1.96. The zero-order valence-electron chi connectivity index (χ0n) is 16.1. The number of nitrogens with zero attached hydrogens (tertiary/aromatic N) is 3. The lowest BCUT2D eigenvalue weighted by Gasteiger charge is -2.25. The number of carbonyl (C=O) groups excluding carboxylic acids is 2. The van der Waals surface area contributed by atoms with Crippen LogP contribution in [0.25, 0.3) is 0 Å². The number of alkyl halides is 3. The molecule has 0 aromatic heterocycles. The minimum absolute atomic E-state index is 0.139. The molecule has 1 aromatic rings. The van der Waals surface area contributed by atoms with Crippen molar-refractivity contribution in [1.82, 2.24) is 14.7 Å². The number of amides is 2. The van der Waals surface area contributed by atoms with Gasteiger partial charge in [-0.3, -0.25) is 9.59 Å². The maximum atomic E-state index is 12.7. The topological polar surface area (TPSA) is 43.9 Å². The van der Waals surface area contributed by atoms with E-state index in [4.69, 9.17) is 0 Å². The third-order valence-corrected chi connectivity index (χ3v) is 4.78. The first-order chi connectivity index (χ1) is 12.5. The summed E-state index contributed by atoms with van der Waals surface area (Å²) in [5, 5.41) is 0. The van der Waals surface area contributed by atoms with Gasteiger partial charge in [-0.05, 0) is 25.2 Å². The van der Waals surface area contributed by atoms with Crippen LogP contribution in [-0.2, 0) is 16.1 Å². The maximum absolute atomic E-state index is 12.7. The molecule has 5 nitrogen and oxygen atoms in total. The van der Waals surface area contributed by atoms with E-state index in [9.17, 15) is 22.8 Å². The molecule has 2 atom stereocenters. The Labute approximate surface area is 157 Å². The Bertz CT molecular complexity index is 674. The third kappa shape index (κ3) is 5.69. The van der Waals surface area contributed by atoms with E-state index in [2.05, 4.69) is 0 Å². The highest BCUT2D eigenvalue weighted by atomic mass is 19.4. The van der Waals surface area contributed by atoms with Gasteiger partial charge in [-0.15, -0.1) is 0 Å². The minimum Gasteiger partial charge on any atom is -0.341 e. The lowest BCUT2D eigenvalue weighted by atomic mass is 9.87. The van der Waals surface area contributed by atoms with Crippen molar-refractivity contribution in [3.05, 3.63) is 35.4 Å². The number of rotatable bonds is 5. The van der Waals surface area contributed by atoms with Gasteiger partial charge in [0.2, 0.25) is 11.8 Å². The number of halogens is 3. The van der Waals surface area contributed by atoms with Gasteiger partial charge in [0.1, 0.15) is 6.54 Å². The summed E-state index contributed by atoms with van der Waals surface area (Å²) in [6, 6.07) is 7.70. The summed E-state index contributed by atoms with van der Waals surface area (Å²) in [6.45, 7) is 1.35. The van der Waals surface area contributed by atoms with Gasteiger partial charge in [-0.25, -0.2) is 0 Å². The van der Waals surface area contributed by atoms with Crippen LogP contribution in [0.15, 0.2) is 24.3 Å². The number of benzene rings is 1. The first-order valence-corrected chi connectivity index (χ1v) is 8.78. The summed E-state index contributed by atoms with van der Waals surface area (Å²) in [4.78, 5) is 28.7. The molecule has 2 rings (SSSR count). The van der Waals surface area contributed by atoms with Crippen molar-refractivity contribution in [3.63, 3.8) is 0 Å². The molecule has 150 valence electrons. The Morgan fingerprint density at radius 3 is 2.19 bits per heavy atom. The fourth-order valence-corrected chi connectivity index (χ4v) is 3.51. The van der Waals surface area contributed by atoms with Crippen molar-refractivity contribution in [2.24, 2.45) is 5.92 Å². The number of likely N-dealkylation sites (tertiary alicyclic amines) is 1. The minimum atomic E-state index is -4.45. The lowest BCUT2D eigenvalue weighted by molar-refractivity contribution is -0.161. The van der Waals surface area contributed by atoms with Crippen LogP contribution < -0.4 is 0 Å². The van der Waals surface area contributed by atoms with Crippen LogP contribution in [0.4, 0.5) is 13.2 Å². The van der Waals surface area contributed by atoms with E-state index in [-0.39, 0.29) is 18.4 Å². The fraction of sp³-hybridized carbons (Fsp3) is 0.579. The zero-order chi connectivity index (χ0) is 20.4. The molecule has 0 spiro atoms. The Hall–Kier alpha value is -2.09. The monoisotopic (exact) mass is 385 g/mol. The highest BCUT2D eigenvalue weighted by molar-refractivity contribution is 5.82. The quantitative estimate of drug-likeness (QED) is 0.782. The van der Waals surface area contributed by atoms with Gasteiger partial charge < -0.3 is 14.7 Å². The van der Waals surface area contributed by atoms with Crippen molar-refractivity contribution in [3.8, 4) is 0 Å². The smallest absolute Gasteiger partial charge is 0.341 e. The first kappa shape index (κ1) is 21.2.